The van der Waals surface area contributed by atoms with Crippen LogP contribution in [0, 0.1) is 5.41 Å². The predicted molar refractivity (Wildman–Crippen MR) is 93.4 cm³/mol. The maximum Gasteiger partial charge on any atom is 0.0593 e. The van der Waals surface area contributed by atoms with Crippen LogP contribution in [0.2, 0.25) is 0 Å². The second kappa shape index (κ2) is 11.9. The molecule has 1 aliphatic rings. The molecule has 4 heteroatoms. The van der Waals surface area contributed by atoms with E-state index in [0.717, 1.165) is 44.8 Å². The average Bonchev–Trinajstić information content (AvgIpc) is 2.74. The number of halogens is 1. The highest BCUT2D eigenvalue weighted by molar-refractivity contribution is 9.09. The number of ether oxygens (including phenoxy) is 2. The second-order valence-corrected chi connectivity index (χ2v) is 6.78. The van der Waals surface area contributed by atoms with Crippen LogP contribution in [-0.4, -0.2) is 56.3 Å². The molecule has 1 rings (SSSR count). The van der Waals surface area contributed by atoms with Crippen molar-refractivity contribution in [3.8, 4) is 0 Å². The zero-order chi connectivity index (χ0) is 15.4. The minimum atomic E-state index is 0.453. The molecule has 1 aliphatic carbocycles. The van der Waals surface area contributed by atoms with E-state index < -0.39 is 0 Å². The summed E-state index contributed by atoms with van der Waals surface area (Å²) in [5.74, 6) is 0. The predicted octanol–water partition coefficient (Wildman–Crippen LogP) is 4.10. The third-order valence-electron chi connectivity index (χ3n) is 4.52. The van der Waals surface area contributed by atoms with Gasteiger partial charge in [0.1, 0.15) is 0 Å². The molecule has 0 aromatic heterocycles. The Kier molecular flexibility index (Phi) is 11.0. The van der Waals surface area contributed by atoms with E-state index in [1.807, 2.05) is 0 Å². The molecule has 0 aromatic carbocycles. The Hall–Kier alpha value is 0.360. The standard InChI is InChI=1S/C17H34BrNO2/c1-3-20-13-11-19(12-14-21-4-2)16-17(15-18)9-7-5-6-8-10-17/h3-16H2,1-2H3. The van der Waals surface area contributed by atoms with Crippen LogP contribution in [0.4, 0.5) is 0 Å². The Labute approximate surface area is 139 Å². The first kappa shape index (κ1) is 19.4. The van der Waals surface area contributed by atoms with Crippen LogP contribution in [0.3, 0.4) is 0 Å². The van der Waals surface area contributed by atoms with Gasteiger partial charge in [0, 0.05) is 38.2 Å². The molecule has 1 fully saturated rings. The topological polar surface area (TPSA) is 21.7 Å². The molecule has 0 bridgehead atoms. The van der Waals surface area contributed by atoms with E-state index in [4.69, 9.17) is 9.47 Å². The molecule has 21 heavy (non-hydrogen) atoms. The molecule has 1 saturated carbocycles. The first-order chi connectivity index (χ1) is 10.3. The number of rotatable bonds is 11. The van der Waals surface area contributed by atoms with Crippen molar-refractivity contribution in [2.45, 2.75) is 52.4 Å². The molecule has 3 nitrogen and oxygen atoms in total. The Balaban J connectivity index is 2.52. The van der Waals surface area contributed by atoms with Crippen LogP contribution < -0.4 is 0 Å². The fourth-order valence-corrected chi connectivity index (χ4v) is 3.97. The molecule has 0 spiro atoms. The Morgan fingerprint density at radius 1 is 0.905 bits per heavy atom. The van der Waals surface area contributed by atoms with E-state index in [1.165, 1.54) is 45.1 Å². The van der Waals surface area contributed by atoms with Gasteiger partial charge in [0.15, 0.2) is 0 Å². The summed E-state index contributed by atoms with van der Waals surface area (Å²) in [4.78, 5) is 2.55. The Morgan fingerprint density at radius 3 is 1.86 bits per heavy atom. The summed E-state index contributed by atoms with van der Waals surface area (Å²) in [5, 5.41) is 1.12. The summed E-state index contributed by atoms with van der Waals surface area (Å²) in [6.45, 7) is 10.6. The lowest BCUT2D eigenvalue weighted by Crippen LogP contribution is -2.42. The van der Waals surface area contributed by atoms with Gasteiger partial charge < -0.3 is 9.47 Å². The normalized spacial score (nSPS) is 18.9. The molecular weight excluding hydrogens is 330 g/mol. The lowest BCUT2D eigenvalue weighted by atomic mass is 9.82. The maximum absolute atomic E-state index is 5.56. The highest BCUT2D eigenvalue weighted by Gasteiger charge is 2.31. The molecule has 0 aromatic rings. The third-order valence-corrected chi connectivity index (χ3v) is 5.71. The summed E-state index contributed by atoms with van der Waals surface area (Å²) < 4.78 is 11.1. The first-order valence-corrected chi connectivity index (χ1v) is 9.82. The Morgan fingerprint density at radius 2 is 1.43 bits per heavy atom. The zero-order valence-corrected chi connectivity index (χ0v) is 15.6. The lowest BCUT2D eigenvalue weighted by Gasteiger charge is -2.37. The van der Waals surface area contributed by atoms with Crippen molar-refractivity contribution < 1.29 is 9.47 Å². The second-order valence-electron chi connectivity index (χ2n) is 6.22. The molecule has 126 valence electrons. The van der Waals surface area contributed by atoms with Crippen molar-refractivity contribution in [1.82, 2.24) is 4.90 Å². The van der Waals surface area contributed by atoms with E-state index in [1.54, 1.807) is 0 Å². The molecule has 0 saturated heterocycles. The van der Waals surface area contributed by atoms with Gasteiger partial charge in [0.05, 0.1) is 13.2 Å². The summed E-state index contributed by atoms with van der Waals surface area (Å²) in [7, 11) is 0. The van der Waals surface area contributed by atoms with Crippen molar-refractivity contribution in [3.63, 3.8) is 0 Å². The quantitative estimate of drug-likeness (QED) is 0.313. The monoisotopic (exact) mass is 363 g/mol. The highest BCUT2D eigenvalue weighted by Crippen LogP contribution is 2.37. The minimum absolute atomic E-state index is 0.453. The minimum Gasteiger partial charge on any atom is -0.380 e. The molecule has 0 amide bonds. The Bertz CT molecular complexity index is 233. The number of hydrogen-bond acceptors (Lipinski definition) is 3. The number of hydrogen-bond donors (Lipinski definition) is 0. The van der Waals surface area contributed by atoms with E-state index in [-0.39, 0.29) is 0 Å². The van der Waals surface area contributed by atoms with Crippen LogP contribution in [-0.2, 0) is 9.47 Å². The van der Waals surface area contributed by atoms with Crippen molar-refractivity contribution in [2.75, 3.05) is 51.4 Å². The summed E-state index contributed by atoms with van der Waals surface area (Å²) >= 11 is 3.81. The fourth-order valence-electron chi connectivity index (χ4n) is 3.23. The van der Waals surface area contributed by atoms with Gasteiger partial charge >= 0.3 is 0 Å². The first-order valence-electron chi connectivity index (χ1n) is 8.70. The van der Waals surface area contributed by atoms with Crippen molar-refractivity contribution in [1.29, 1.82) is 0 Å². The van der Waals surface area contributed by atoms with Gasteiger partial charge in [0.2, 0.25) is 0 Å². The summed E-state index contributed by atoms with van der Waals surface area (Å²) in [6.07, 6.45) is 8.31. The van der Waals surface area contributed by atoms with Crippen LogP contribution in [0.1, 0.15) is 52.4 Å². The van der Waals surface area contributed by atoms with Crippen LogP contribution in [0.15, 0.2) is 0 Å². The van der Waals surface area contributed by atoms with Gasteiger partial charge in [-0.2, -0.15) is 0 Å². The largest absolute Gasteiger partial charge is 0.380 e. The molecular formula is C17H34BrNO2. The van der Waals surface area contributed by atoms with Crippen LogP contribution >= 0.6 is 15.9 Å². The van der Waals surface area contributed by atoms with Crippen molar-refractivity contribution >= 4 is 15.9 Å². The summed E-state index contributed by atoms with van der Waals surface area (Å²) in [6, 6.07) is 0. The molecule has 0 heterocycles. The van der Waals surface area contributed by atoms with E-state index in [2.05, 4.69) is 34.7 Å². The third kappa shape index (κ3) is 7.96. The van der Waals surface area contributed by atoms with Gasteiger partial charge in [-0.15, -0.1) is 0 Å². The lowest BCUT2D eigenvalue weighted by molar-refractivity contribution is 0.0595. The van der Waals surface area contributed by atoms with E-state index in [9.17, 15) is 0 Å². The van der Waals surface area contributed by atoms with Crippen molar-refractivity contribution in [3.05, 3.63) is 0 Å². The zero-order valence-electron chi connectivity index (χ0n) is 14.0. The highest BCUT2D eigenvalue weighted by atomic mass is 79.9. The van der Waals surface area contributed by atoms with Gasteiger partial charge in [-0.1, -0.05) is 41.6 Å². The van der Waals surface area contributed by atoms with Crippen LogP contribution in [0.25, 0.3) is 0 Å². The van der Waals surface area contributed by atoms with E-state index in [0.29, 0.717) is 5.41 Å². The smallest absolute Gasteiger partial charge is 0.0593 e. The van der Waals surface area contributed by atoms with Gasteiger partial charge in [-0.05, 0) is 32.1 Å². The molecule has 0 atom stereocenters. The van der Waals surface area contributed by atoms with E-state index >= 15 is 0 Å². The van der Waals surface area contributed by atoms with Gasteiger partial charge in [-0.25, -0.2) is 0 Å². The van der Waals surface area contributed by atoms with Gasteiger partial charge in [0.25, 0.3) is 0 Å². The molecule has 0 radical (unpaired) electrons. The maximum atomic E-state index is 5.56. The average molecular weight is 364 g/mol. The van der Waals surface area contributed by atoms with Crippen molar-refractivity contribution in [2.24, 2.45) is 5.41 Å². The molecule has 0 aliphatic heterocycles. The SMILES string of the molecule is CCOCCN(CCOCC)CC1(CBr)CCCCCC1. The molecule has 0 unspecified atom stereocenters. The fraction of sp³-hybridized carbons (Fsp3) is 1.00. The molecule has 0 N–H and O–H groups in total. The summed E-state index contributed by atoms with van der Waals surface area (Å²) in [5.41, 5.74) is 0.453. The van der Waals surface area contributed by atoms with Gasteiger partial charge in [-0.3, -0.25) is 4.90 Å². The van der Waals surface area contributed by atoms with Crippen LogP contribution in [0.5, 0.6) is 0 Å². The number of nitrogens with zero attached hydrogens (tertiary/aromatic N) is 1. The number of alkyl halides is 1.